The Labute approximate surface area is 107 Å². The monoisotopic (exact) mass is 252 g/mol. The fourth-order valence-corrected chi connectivity index (χ4v) is 2.41. The van der Waals surface area contributed by atoms with Crippen molar-refractivity contribution in [1.29, 1.82) is 0 Å². The summed E-state index contributed by atoms with van der Waals surface area (Å²) in [6.07, 6.45) is 0.907. The second kappa shape index (κ2) is 5.52. The quantitative estimate of drug-likeness (QED) is 0.869. The number of benzene rings is 1. The molecule has 1 atom stereocenters. The summed E-state index contributed by atoms with van der Waals surface area (Å²) < 4.78 is 0. The van der Waals surface area contributed by atoms with Gasteiger partial charge in [0.25, 0.3) is 0 Å². The maximum absolute atomic E-state index is 11.3. The lowest BCUT2D eigenvalue weighted by molar-refractivity contribution is -0.130. The van der Waals surface area contributed by atoms with E-state index in [1.165, 1.54) is 5.56 Å². The summed E-state index contributed by atoms with van der Waals surface area (Å²) in [5.41, 5.74) is 1.21. The molecule has 1 aromatic rings. The minimum absolute atomic E-state index is 0.155. The predicted octanol–water partition coefficient (Wildman–Crippen LogP) is 1.70. The third-order valence-corrected chi connectivity index (χ3v) is 3.31. The molecule has 1 unspecified atom stereocenters. The molecule has 0 radical (unpaired) electrons. The van der Waals surface area contributed by atoms with Gasteiger partial charge in [-0.1, -0.05) is 23.7 Å². The fraction of sp³-hybridized carbons (Fsp3) is 0.462. The van der Waals surface area contributed by atoms with E-state index in [9.17, 15) is 4.79 Å². The number of nitrogens with zero attached hydrogens (tertiary/aromatic N) is 1. The average molecular weight is 253 g/mol. The minimum atomic E-state index is 0.155. The van der Waals surface area contributed by atoms with Gasteiger partial charge in [-0.25, -0.2) is 0 Å². The number of halogens is 1. The first-order valence-corrected chi connectivity index (χ1v) is 6.26. The molecule has 0 aliphatic carbocycles. The average Bonchev–Trinajstić information content (AvgIpc) is 2.29. The molecule has 1 amide bonds. The Morgan fingerprint density at radius 1 is 1.59 bits per heavy atom. The van der Waals surface area contributed by atoms with E-state index in [0.29, 0.717) is 6.04 Å². The van der Waals surface area contributed by atoms with E-state index in [-0.39, 0.29) is 5.91 Å². The van der Waals surface area contributed by atoms with Gasteiger partial charge in [0, 0.05) is 37.6 Å². The van der Waals surface area contributed by atoms with Crippen molar-refractivity contribution in [2.75, 3.05) is 19.6 Å². The van der Waals surface area contributed by atoms with Crippen molar-refractivity contribution in [3.63, 3.8) is 0 Å². The fourth-order valence-electron chi connectivity index (χ4n) is 2.20. The van der Waals surface area contributed by atoms with Crippen molar-refractivity contribution in [3.8, 4) is 0 Å². The normalized spacial score (nSPS) is 20.4. The molecule has 92 valence electrons. The van der Waals surface area contributed by atoms with Crippen LogP contribution < -0.4 is 5.32 Å². The number of rotatable bonds is 2. The van der Waals surface area contributed by atoms with Gasteiger partial charge in [0.1, 0.15) is 0 Å². The van der Waals surface area contributed by atoms with Crippen LogP contribution in [0.2, 0.25) is 5.02 Å². The van der Waals surface area contributed by atoms with E-state index in [0.717, 1.165) is 31.1 Å². The summed E-state index contributed by atoms with van der Waals surface area (Å²) in [5.74, 6) is 0.155. The van der Waals surface area contributed by atoms with E-state index >= 15 is 0 Å². The minimum Gasteiger partial charge on any atom is -0.340 e. The van der Waals surface area contributed by atoms with Crippen LogP contribution in [0.1, 0.15) is 12.5 Å². The van der Waals surface area contributed by atoms with E-state index in [1.54, 1.807) is 6.92 Å². The largest absolute Gasteiger partial charge is 0.340 e. The Hall–Kier alpha value is -1.06. The van der Waals surface area contributed by atoms with Gasteiger partial charge in [-0.15, -0.1) is 0 Å². The molecule has 1 aromatic carbocycles. The summed E-state index contributed by atoms with van der Waals surface area (Å²) in [5, 5.41) is 4.20. The highest BCUT2D eigenvalue weighted by Gasteiger charge is 2.20. The van der Waals surface area contributed by atoms with Gasteiger partial charge in [-0.3, -0.25) is 4.79 Å². The van der Waals surface area contributed by atoms with Crippen LogP contribution in [0.25, 0.3) is 0 Å². The number of nitrogens with one attached hydrogen (secondary N) is 1. The van der Waals surface area contributed by atoms with E-state index in [2.05, 4.69) is 11.4 Å². The summed E-state index contributed by atoms with van der Waals surface area (Å²) in [6.45, 7) is 4.08. The summed E-state index contributed by atoms with van der Waals surface area (Å²) in [6, 6.07) is 8.21. The third-order valence-electron chi connectivity index (χ3n) is 3.07. The highest BCUT2D eigenvalue weighted by Crippen LogP contribution is 2.13. The Kier molecular flexibility index (Phi) is 4.02. The van der Waals surface area contributed by atoms with E-state index < -0.39 is 0 Å². The number of piperazine rings is 1. The van der Waals surface area contributed by atoms with E-state index in [4.69, 9.17) is 11.6 Å². The maximum atomic E-state index is 11.3. The summed E-state index contributed by atoms with van der Waals surface area (Å²) in [4.78, 5) is 13.2. The number of carbonyl (C=O) groups excluding carboxylic acids is 1. The van der Waals surface area contributed by atoms with Crippen molar-refractivity contribution >= 4 is 17.5 Å². The molecular weight excluding hydrogens is 236 g/mol. The molecule has 2 rings (SSSR count). The van der Waals surface area contributed by atoms with Gasteiger partial charge < -0.3 is 10.2 Å². The molecule has 4 heteroatoms. The Balaban J connectivity index is 1.97. The lowest BCUT2D eigenvalue weighted by atomic mass is 10.0. The predicted molar refractivity (Wildman–Crippen MR) is 69.2 cm³/mol. The van der Waals surface area contributed by atoms with Crippen molar-refractivity contribution in [1.82, 2.24) is 10.2 Å². The van der Waals surface area contributed by atoms with Crippen molar-refractivity contribution in [2.24, 2.45) is 0 Å². The number of amides is 1. The van der Waals surface area contributed by atoms with Crippen LogP contribution in [0, 0.1) is 0 Å². The van der Waals surface area contributed by atoms with Gasteiger partial charge in [-0.2, -0.15) is 0 Å². The van der Waals surface area contributed by atoms with E-state index in [1.807, 2.05) is 23.1 Å². The lowest BCUT2D eigenvalue weighted by Gasteiger charge is -2.33. The van der Waals surface area contributed by atoms with Gasteiger partial charge >= 0.3 is 0 Å². The molecule has 1 aliphatic heterocycles. The molecule has 1 aliphatic rings. The highest BCUT2D eigenvalue weighted by atomic mass is 35.5. The van der Waals surface area contributed by atoms with Crippen molar-refractivity contribution in [3.05, 3.63) is 34.9 Å². The van der Waals surface area contributed by atoms with Gasteiger partial charge in [0.15, 0.2) is 0 Å². The van der Waals surface area contributed by atoms with Crippen LogP contribution in [0.3, 0.4) is 0 Å². The van der Waals surface area contributed by atoms with Crippen LogP contribution in [0.15, 0.2) is 24.3 Å². The number of hydrogen-bond acceptors (Lipinski definition) is 2. The Bertz CT molecular complexity index is 408. The molecule has 17 heavy (non-hydrogen) atoms. The Morgan fingerprint density at radius 2 is 2.41 bits per heavy atom. The van der Waals surface area contributed by atoms with Gasteiger partial charge in [0.2, 0.25) is 5.91 Å². The zero-order valence-electron chi connectivity index (χ0n) is 9.95. The van der Waals surface area contributed by atoms with Crippen molar-refractivity contribution < 1.29 is 4.79 Å². The van der Waals surface area contributed by atoms with Crippen LogP contribution in [-0.2, 0) is 11.2 Å². The van der Waals surface area contributed by atoms with Crippen LogP contribution >= 0.6 is 11.6 Å². The zero-order valence-corrected chi connectivity index (χ0v) is 10.7. The summed E-state index contributed by atoms with van der Waals surface area (Å²) >= 11 is 5.96. The number of hydrogen-bond donors (Lipinski definition) is 1. The van der Waals surface area contributed by atoms with Gasteiger partial charge in [-0.05, 0) is 24.1 Å². The molecule has 1 fully saturated rings. The summed E-state index contributed by atoms with van der Waals surface area (Å²) in [7, 11) is 0. The topological polar surface area (TPSA) is 32.3 Å². The van der Waals surface area contributed by atoms with Crippen LogP contribution in [-0.4, -0.2) is 36.5 Å². The molecule has 0 bridgehead atoms. The zero-order chi connectivity index (χ0) is 12.3. The highest BCUT2D eigenvalue weighted by molar-refractivity contribution is 6.30. The standard InChI is InChI=1S/C13H17ClN2O/c1-10(17)16-6-5-15-13(9-16)8-11-3-2-4-12(14)7-11/h2-4,7,13,15H,5-6,8-9H2,1H3. The molecule has 1 N–H and O–H groups in total. The molecule has 3 nitrogen and oxygen atoms in total. The second-order valence-electron chi connectivity index (χ2n) is 4.45. The smallest absolute Gasteiger partial charge is 0.219 e. The molecular formula is C13H17ClN2O. The first-order chi connectivity index (χ1) is 8.15. The van der Waals surface area contributed by atoms with Crippen LogP contribution in [0.5, 0.6) is 0 Å². The Morgan fingerprint density at radius 3 is 3.12 bits per heavy atom. The second-order valence-corrected chi connectivity index (χ2v) is 4.89. The van der Waals surface area contributed by atoms with Gasteiger partial charge in [0.05, 0.1) is 0 Å². The SMILES string of the molecule is CC(=O)N1CCNC(Cc2cccc(Cl)c2)C1. The van der Waals surface area contributed by atoms with Crippen molar-refractivity contribution in [2.45, 2.75) is 19.4 Å². The first-order valence-electron chi connectivity index (χ1n) is 5.88. The van der Waals surface area contributed by atoms with Crippen LogP contribution in [0.4, 0.5) is 0 Å². The third kappa shape index (κ3) is 3.45. The number of carbonyl (C=O) groups is 1. The maximum Gasteiger partial charge on any atom is 0.219 e. The molecule has 1 heterocycles. The molecule has 1 saturated heterocycles. The molecule has 0 saturated carbocycles. The molecule has 0 spiro atoms. The molecule has 0 aromatic heterocycles. The lowest BCUT2D eigenvalue weighted by Crippen LogP contribution is -2.52. The first kappa shape index (κ1) is 12.4.